The molecule has 0 aromatic heterocycles. The highest BCUT2D eigenvalue weighted by Crippen LogP contribution is 2.27. The molecular formula is C96H141F6N15O18S3. The van der Waals surface area contributed by atoms with Crippen molar-refractivity contribution in [3.63, 3.8) is 0 Å². The minimum absolute atomic E-state index is 0.00482. The molecule has 0 saturated heterocycles. The monoisotopic (exact) mass is 2000 g/mol. The number of carbonyl (C=O) groups excluding carboxylic acids is 9. The molecule has 0 spiro atoms. The van der Waals surface area contributed by atoms with Crippen molar-refractivity contribution >= 4 is 83.2 Å². The third-order valence-electron chi connectivity index (χ3n) is 21.4. The molecule has 0 aliphatic heterocycles. The molecule has 0 fully saturated rings. The molecule has 6 rings (SSSR count). The van der Waals surface area contributed by atoms with Crippen LogP contribution in [0.5, 0.6) is 0 Å². The average molecular weight is 2000 g/mol. The van der Waals surface area contributed by atoms with E-state index < -0.39 is 137 Å². The van der Waals surface area contributed by atoms with Gasteiger partial charge in [-0.05, 0) is 172 Å². The summed E-state index contributed by atoms with van der Waals surface area (Å²) >= 11 is 0. The van der Waals surface area contributed by atoms with E-state index in [-0.39, 0.29) is 139 Å². The normalized spacial score (nSPS) is 13.2. The van der Waals surface area contributed by atoms with Crippen LogP contribution in [-0.2, 0) is 63.7 Å². The van der Waals surface area contributed by atoms with E-state index in [0.717, 1.165) is 67.5 Å². The number of halogens is 6. The molecule has 138 heavy (non-hydrogen) atoms. The zero-order chi connectivity index (χ0) is 104. The third-order valence-corrected chi connectivity index (χ3v) is 26.8. The standard InChI is InChI=1S/C33H49F2N5O6S.C32H47F2N5O6S.C31H45F2N5O6S/c1-8-11-39(12-9-2)33(44)25-17-24(18-28(19-25)47(45,46)38(6)7)32(43)36-29(16-23-14-26(34)20-27(35)15-23)30(41)21-40(13-10-3)37-31(42)22(4)5;1-8-11-38(12-9-2)32(43)24-16-23(17-27(18-24)46(44,45)37(6)7)31(42)35-28(15-22-13-25(33)19-26(34)14-22)29(40)20-39(10-3)36-30(41)21(4)5;1-8-10-38(11-9-2)31(42)23-15-22(16-26(17-23)45(43,44)36(5)6)30(41)34-27(14-21-12-24(32)18-25(33)13-21)28(39)19-37(7)35-29(40)20(3)4/h14-15,17-20,22,29-30,41H,8-13,16,21H2,1-7H3,(H,36,43)(H,37,42);13-14,16-19,21,28-29,40H,8-12,15,20H2,1-7H3,(H,35,42)(H,36,41);12-13,15-18,20,27-28,39H,8-11,14,19H2,1-7H3,(H,34,41)(H,35,40). The molecule has 6 aromatic carbocycles. The van der Waals surface area contributed by atoms with Crippen LogP contribution in [0.2, 0.25) is 0 Å². The SMILES string of the molecule is CCCN(CC(O)C(Cc1cc(F)cc(F)c1)NC(=O)c1cc(C(=O)N(CCC)CCC)cc(S(=O)(=O)N(C)C)c1)NC(=O)C(C)C.CCCN(CCC)C(=O)c1cc(C(=O)NC(Cc2cc(F)cc(F)c2)C(O)CN(C)NC(=O)C(C)C)cc(S(=O)(=O)N(C)C)c1.CCCN(CCC)C(=O)c1cc(C(=O)NC(Cc2cc(F)cc(F)c2)C(O)CN(CC)NC(=O)C(C)C)cc(S(=O)(=O)N(C)C)c1. The highest BCUT2D eigenvalue weighted by atomic mass is 32.2. The van der Waals surface area contributed by atoms with Crippen molar-refractivity contribution in [2.75, 3.05) is 121 Å². The number of rotatable bonds is 51. The van der Waals surface area contributed by atoms with E-state index in [1.54, 1.807) is 63.2 Å². The lowest BCUT2D eigenvalue weighted by Crippen LogP contribution is -2.54. The number of hydrogen-bond donors (Lipinski definition) is 9. The lowest BCUT2D eigenvalue weighted by Gasteiger charge is -2.31. The molecule has 6 unspecified atom stereocenters. The average Bonchev–Trinajstić information content (AvgIpc) is 0.794. The number of carbonyl (C=O) groups is 9. The van der Waals surface area contributed by atoms with Crippen LogP contribution >= 0.6 is 0 Å². The molecule has 42 heteroatoms. The van der Waals surface area contributed by atoms with E-state index in [4.69, 9.17) is 0 Å². The van der Waals surface area contributed by atoms with E-state index in [9.17, 15) is 110 Å². The number of aliphatic hydroxyl groups is 3. The molecule has 0 heterocycles. The first-order valence-corrected chi connectivity index (χ1v) is 50.4. The van der Waals surface area contributed by atoms with E-state index >= 15 is 0 Å². The van der Waals surface area contributed by atoms with E-state index in [1.807, 2.05) is 48.5 Å². The summed E-state index contributed by atoms with van der Waals surface area (Å²) < 4.78 is 166. The summed E-state index contributed by atoms with van der Waals surface area (Å²) in [6.07, 6.45) is -0.0808. The number of hydrazine groups is 3. The Labute approximate surface area is 809 Å². The smallest absolute Gasteiger partial charge is 0.253 e. The van der Waals surface area contributed by atoms with Crippen LogP contribution in [0.3, 0.4) is 0 Å². The van der Waals surface area contributed by atoms with Gasteiger partial charge in [-0.1, -0.05) is 96.9 Å². The topological polar surface area (TPSA) is 418 Å². The maximum Gasteiger partial charge on any atom is 0.253 e. The first-order valence-electron chi connectivity index (χ1n) is 46.1. The van der Waals surface area contributed by atoms with Crippen LogP contribution in [0.15, 0.2) is 124 Å². The van der Waals surface area contributed by atoms with Crippen molar-refractivity contribution in [3.8, 4) is 0 Å². The quantitative estimate of drug-likeness (QED) is 0.0127. The number of amides is 9. The summed E-state index contributed by atoms with van der Waals surface area (Å²) in [7, 11) is -2.77. The number of sulfonamides is 3. The Bertz CT molecular complexity index is 5380. The minimum atomic E-state index is -4.08. The summed E-state index contributed by atoms with van der Waals surface area (Å²) in [5.41, 5.74) is 7.96. The molecule has 0 aliphatic carbocycles. The Balaban J connectivity index is 0.000000432. The van der Waals surface area contributed by atoms with Gasteiger partial charge >= 0.3 is 0 Å². The molecular weight excluding hydrogens is 1860 g/mol. The number of hydrogen-bond acceptors (Lipinski definition) is 21. The predicted octanol–water partition coefficient (Wildman–Crippen LogP) is 9.57. The van der Waals surface area contributed by atoms with Gasteiger partial charge in [0.05, 0.1) is 51.1 Å². The largest absolute Gasteiger partial charge is 0.390 e. The molecule has 0 saturated carbocycles. The molecule has 33 nitrogen and oxygen atoms in total. The van der Waals surface area contributed by atoms with Gasteiger partial charge in [-0.15, -0.1) is 0 Å². The second-order valence-electron chi connectivity index (χ2n) is 35.1. The molecule has 0 bridgehead atoms. The van der Waals surface area contributed by atoms with Gasteiger partial charge in [-0.3, -0.25) is 59.4 Å². The van der Waals surface area contributed by atoms with Crippen molar-refractivity contribution < 1.29 is 110 Å². The van der Waals surface area contributed by atoms with E-state index in [1.165, 1.54) is 101 Å². The maximum atomic E-state index is 14.1. The lowest BCUT2D eigenvalue weighted by atomic mass is 9.99. The summed E-state index contributed by atoms with van der Waals surface area (Å²) in [6, 6.07) is 16.0. The Kier molecular flexibility index (Phi) is 49.3. The number of likely N-dealkylation sites (N-methyl/N-ethyl adjacent to an activating group) is 2. The fourth-order valence-electron chi connectivity index (χ4n) is 14.1. The zero-order valence-corrected chi connectivity index (χ0v) is 85.4. The highest BCUT2D eigenvalue weighted by molar-refractivity contribution is 7.89. The van der Waals surface area contributed by atoms with E-state index in [0.29, 0.717) is 116 Å². The first-order chi connectivity index (χ1) is 64.5. The second-order valence-corrected chi connectivity index (χ2v) is 41.6. The van der Waals surface area contributed by atoms with Crippen molar-refractivity contribution in [3.05, 3.63) is 194 Å². The summed E-state index contributed by atoms with van der Waals surface area (Å²) in [5, 5.41) is 46.1. The van der Waals surface area contributed by atoms with Gasteiger partial charge in [0.1, 0.15) is 34.9 Å². The van der Waals surface area contributed by atoms with Crippen LogP contribution < -0.4 is 32.2 Å². The maximum absolute atomic E-state index is 14.1. The van der Waals surface area contributed by atoms with E-state index in [2.05, 4.69) is 32.2 Å². The third kappa shape index (κ3) is 37.3. The molecule has 9 N–H and O–H groups in total. The fourth-order valence-corrected chi connectivity index (χ4v) is 17.0. The van der Waals surface area contributed by atoms with Gasteiger partial charge in [0.25, 0.3) is 35.4 Å². The van der Waals surface area contributed by atoms with Gasteiger partial charge in [-0.25, -0.2) is 79.5 Å². The molecule has 6 aromatic rings. The second kappa shape index (κ2) is 56.8. The lowest BCUT2D eigenvalue weighted by molar-refractivity contribution is -0.130. The fraction of sp³-hybridized carbons (Fsp3) is 0.531. The minimum Gasteiger partial charge on any atom is -0.390 e. The van der Waals surface area contributed by atoms with Crippen molar-refractivity contribution in [2.45, 2.75) is 212 Å². The Morgan fingerprint density at radius 3 is 0.761 bits per heavy atom. The molecule has 6 atom stereocenters. The first kappa shape index (κ1) is 120. The van der Waals surface area contributed by atoms with Gasteiger partial charge < -0.3 is 46.0 Å². The van der Waals surface area contributed by atoms with Crippen molar-refractivity contribution in [1.29, 1.82) is 0 Å². The summed E-state index contributed by atoms with van der Waals surface area (Å²) in [4.78, 5) is 123. The van der Waals surface area contributed by atoms with Gasteiger partial charge in [-0.2, -0.15) is 0 Å². The molecule has 9 amide bonds. The molecule has 0 radical (unpaired) electrons. The van der Waals surface area contributed by atoms with Crippen LogP contribution in [0, 0.1) is 52.7 Å². The number of aliphatic hydroxyl groups excluding tert-OH is 3. The van der Waals surface area contributed by atoms with Gasteiger partial charge in [0.15, 0.2) is 0 Å². The molecule has 768 valence electrons. The van der Waals surface area contributed by atoms with Gasteiger partial charge in [0, 0.05) is 191 Å². The van der Waals surface area contributed by atoms with Crippen LogP contribution in [-0.4, -0.2) is 294 Å². The van der Waals surface area contributed by atoms with Crippen LogP contribution in [0.1, 0.15) is 221 Å². The zero-order valence-electron chi connectivity index (χ0n) is 82.9. The number of benzene rings is 6. The van der Waals surface area contributed by atoms with Crippen molar-refractivity contribution in [1.82, 2.24) is 74.9 Å². The Morgan fingerprint density at radius 1 is 0.304 bits per heavy atom. The van der Waals surface area contributed by atoms with Crippen LogP contribution in [0.25, 0.3) is 0 Å². The summed E-state index contributed by atoms with van der Waals surface area (Å²) in [6.45, 7) is 28.1. The molecule has 0 aliphatic rings. The predicted molar refractivity (Wildman–Crippen MR) is 514 cm³/mol. The Hall–Kier alpha value is -10.4. The van der Waals surface area contributed by atoms with Gasteiger partial charge in [0.2, 0.25) is 47.8 Å². The highest BCUT2D eigenvalue weighted by Gasteiger charge is 2.35. The van der Waals surface area contributed by atoms with Crippen molar-refractivity contribution in [2.24, 2.45) is 17.8 Å². The number of nitrogens with zero attached hydrogens (tertiary/aromatic N) is 9. The number of nitrogens with one attached hydrogen (secondary N) is 6. The summed E-state index contributed by atoms with van der Waals surface area (Å²) in [5.74, 6) is -10.8. The Morgan fingerprint density at radius 2 is 0.529 bits per heavy atom. The van der Waals surface area contributed by atoms with Crippen LogP contribution in [0.4, 0.5) is 26.3 Å².